The number of hydrogen-bond donors (Lipinski definition) is 1. The lowest BCUT2D eigenvalue weighted by molar-refractivity contribution is 0.0914. The molecule has 1 unspecified atom stereocenters. The van der Waals surface area contributed by atoms with Crippen LogP contribution in [-0.4, -0.2) is 34.5 Å². The summed E-state index contributed by atoms with van der Waals surface area (Å²) in [5.41, 5.74) is 1.08. The van der Waals surface area contributed by atoms with Crippen molar-refractivity contribution in [1.29, 1.82) is 0 Å². The van der Waals surface area contributed by atoms with Gasteiger partial charge >= 0.3 is 0 Å². The first-order valence-electron chi connectivity index (χ1n) is 8.60. The third kappa shape index (κ3) is 3.20. The Morgan fingerprint density at radius 2 is 2.04 bits per heavy atom. The van der Waals surface area contributed by atoms with E-state index in [4.69, 9.17) is 9.47 Å². The minimum absolute atomic E-state index is 0.0714. The molecule has 1 N–H and O–H groups in total. The zero-order valence-corrected chi connectivity index (χ0v) is 15.3. The number of rotatable bonds is 6. The van der Waals surface area contributed by atoms with Crippen molar-refractivity contribution in [2.75, 3.05) is 13.7 Å². The van der Waals surface area contributed by atoms with Gasteiger partial charge < -0.3 is 14.6 Å². The number of benzene rings is 1. The lowest BCUT2D eigenvalue weighted by Gasteiger charge is -2.14. The minimum atomic E-state index is -0.805. The summed E-state index contributed by atoms with van der Waals surface area (Å²) in [6.07, 6.45) is 3.80. The Kier molecular flexibility index (Phi) is 4.65. The number of hydrogen-bond acceptors (Lipinski definition) is 6. The maximum Gasteiger partial charge on any atom is 0.262 e. The van der Waals surface area contributed by atoms with Gasteiger partial charge in [0.25, 0.3) is 5.56 Å². The monoisotopic (exact) mass is 372 g/mol. The summed E-state index contributed by atoms with van der Waals surface area (Å²) < 4.78 is 12.2. The quantitative estimate of drug-likeness (QED) is 0.719. The molecule has 1 aliphatic carbocycles. The van der Waals surface area contributed by atoms with Gasteiger partial charge in [-0.05, 0) is 49.1 Å². The molecule has 0 saturated carbocycles. The number of aryl methyl sites for hydroxylation is 2. The Bertz CT molecular complexity index is 978. The molecule has 2 aromatic heterocycles. The number of thiophene rings is 1. The van der Waals surface area contributed by atoms with Crippen molar-refractivity contribution in [1.82, 2.24) is 9.55 Å². The van der Waals surface area contributed by atoms with Gasteiger partial charge in [0.2, 0.25) is 0 Å². The lowest BCUT2D eigenvalue weighted by Crippen LogP contribution is -2.30. The van der Waals surface area contributed by atoms with Gasteiger partial charge in [-0.15, -0.1) is 11.3 Å². The van der Waals surface area contributed by atoms with Gasteiger partial charge in [0.1, 0.15) is 29.0 Å². The molecule has 26 heavy (non-hydrogen) atoms. The molecule has 0 amide bonds. The molecule has 0 aliphatic heterocycles. The van der Waals surface area contributed by atoms with Gasteiger partial charge in [-0.1, -0.05) is 0 Å². The van der Waals surface area contributed by atoms with E-state index in [0.29, 0.717) is 5.75 Å². The zero-order chi connectivity index (χ0) is 18.1. The summed E-state index contributed by atoms with van der Waals surface area (Å²) in [6.45, 7) is 0.251. The van der Waals surface area contributed by atoms with Gasteiger partial charge in [0.05, 0.1) is 25.4 Å². The van der Waals surface area contributed by atoms with Crippen LogP contribution in [0, 0.1) is 0 Å². The summed E-state index contributed by atoms with van der Waals surface area (Å²) in [7, 11) is 1.60. The van der Waals surface area contributed by atoms with Crippen LogP contribution in [-0.2, 0) is 19.4 Å². The highest BCUT2D eigenvalue weighted by atomic mass is 32.1. The third-order valence-electron chi connectivity index (χ3n) is 4.60. The number of ether oxygens (including phenoxy) is 2. The lowest BCUT2D eigenvalue weighted by atomic mass is 10.2. The summed E-state index contributed by atoms with van der Waals surface area (Å²) in [5, 5.41) is 11.0. The van der Waals surface area contributed by atoms with Crippen LogP contribution in [0.15, 0.2) is 35.4 Å². The van der Waals surface area contributed by atoms with E-state index in [1.54, 1.807) is 42.7 Å². The Balaban J connectivity index is 1.46. The highest BCUT2D eigenvalue weighted by Gasteiger charge is 2.21. The molecule has 1 aromatic carbocycles. The van der Waals surface area contributed by atoms with Gasteiger partial charge in [0.15, 0.2) is 0 Å². The molecular formula is C19H20N2O4S. The molecule has 2 heterocycles. The van der Waals surface area contributed by atoms with Crippen LogP contribution in [0.25, 0.3) is 10.2 Å². The van der Waals surface area contributed by atoms with Crippen LogP contribution >= 0.6 is 11.3 Å². The fourth-order valence-corrected chi connectivity index (χ4v) is 4.51. The average molecular weight is 372 g/mol. The van der Waals surface area contributed by atoms with Crippen molar-refractivity contribution in [3.8, 4) is 11.5 Å². The summed E-state index contributed by atoms with van der Waals surface area (Å²) in [6, 6.07) is 7.14. The van der Waals surface area contributed by atoms with E-state index in [2.05, 4.69) is 4.98 Å². The Morgan fingerprint density at radius 3 is 2.81 bits per heavy atom. The Morgan fingerprint density at radius 1 is 1.27 bits per heavy atom. The van der Waals surface area contributed by atoms with Crippen molar-refractivity contribution in [2.45, 2.75) is 31.9 Å². The van der Waals surface area contributed by atoms with Crippen LogP contribution in [0.4, 0.5) is 0 Å². The molecule has 4 rings (SSSR count). The van der Waals surface area contributed by atoms with Crippen molar-refractivity contribution >= 4 is 21.6 Å². The normalized spacial score (nSPS) is 14.4. The van der Waals surface area contributed by atoms with Gasteiger partial charge in [0, 0.05) is 4.88 Å². The number of methoxy groups -OCH3 is 1. The molecule has 1 atom stereocenters. The topological polar surface area (TPSA) is 73.6 Å². The van der Waals surface area contributed by atoms with E-state index in [9.17, 15) is 9.90 Å². The van der Waals surface area contributed by atoms with Crippen LogP contribution in [0.2, 0.25) is 0 Å². The molecule has 0 saturated heterocycles. The molecule has 0 radical (unpaired) electrons. The molecule has 136 valence electrons. The maximum absolute atomic E-state index is 12.8. The van der Waals surface area contributed by atoms with E-state index in [1.807, 2.05) is 0 Å². The SMILES string of the molecule is COc1ccc(OCC(O)Cn2cnc3sc4c(c3c2=O)CCC4)cc1. The third-order valence-corrected chi connectivity index (χ3v) is 5.80. The Labute approximate surface area is 154 Å². The number of aliphatic hydroxyl groups is 1. The van der Waals surface area contributed by atoms with Gasteiger partial charge in [-0.2, -0.15) is 0 Å². The summed E-state index contributed by atoms with van der Waals surface area (Å²) in [5.74, 6) is 1.38. The second-order valence-electron chi connectivity index (χ2n) is 6.38. The van der Waals surface area contributed by atoms with E-state index in [-0.39, 0.29) is 18.7 Å². The molecule has 0 fully saturated rings. The summed E-state index contributed by atoms with van der Waals surface area (Å²) >= 11 is 1.62. The van der Waals surface area contributed by atoms with Crippen LogP contribution < -0.4 is 15.0 Å². The van der Waals surface area contributed by atoms with Crippen LogP contribution in [0.3, 0.4) is 0 Å². The molecule has 0 bridgehead atoms. The molecular weight excluding hydrogens is 352 g/mol. The number of aromatic nitrogens is 2. The van der Waals surface area contributed by atoms with E-state index >= 15 is 0 Å². The average Bonchev–Trinajstić information content (AvgIpc) is 3.24. The van der Waals surface area contributed by atoms with Crippen molar-refractivity contribution in [3.63, 3.8) is 0 Å². The molecule has 3 aromatic rings. The molecule has 1 aliphatic rings. The van der Waals surface area contributed by atoms with Crippen LogP contribution in [0.5, 0.6) is 11.5 Å². The first-order valence-corrected chi connectivity index (χ1v) is 9.42. The predicted molar refractivity (Wildman–Crippen MR) is 100 cm³/mol. The minimum Gasteiger partial charge on any atom is -0.497 e. The standard InChI is InChI=1S/C19H20N2O4S/c1-24-13-5-7-14(8-6-13)25-10-12(22)9-21-11-20-18-17(19(21)23)15-3-2-4-16(15)26-18/h5-8,11-12,22H,2-4,9-10H2,1H3. The van der Waals surface area contributed by atoms with Crippen molar-refractivity contribution in [2.24, 2.45) is 0 Å². The molecule has 7 heteroatoms. The van der Waals surface area contributed by atoms with Gasteiger partial charge in [-0.25, -0.2) is 4.98 Å². The van der Waals surface area contributed by atoms with Crippen molar-refractivity contribution < 1.29 is 14.6 Å². The number of fused-ring (bicyclic) bond motifs is 3. The predicted octanol–water partition coefficient (Wildman–Crippen LogP) is 2.40. The van der Waals surface area contributed by atoms with Crippen LogP contribution in [0.1, 0.15) is 16.9 Å². The smallest absolute Gasteiger partial charge is 0.262 e. The first kappa shape index (κ1) is 17.1. The number of aliphatic hydroxyl groups excluding tert-OH is 1. The molecule has 0 spiro atoms. The maximum atomic E-state index is 12.8. The number of nitrogens with zero attached hydrogens (tertiary/aromatic N) is 2. The largest absolute Gasteiger partial charge is 0.497 e. The fourth-order valence-electron chi connectivity index (χ4n) is 3.29. The van der Waals surface area contributed by atoms with E-state index < -0.39 is 6.10 Å². The Hall–Kier alpha value is -2.38. The summed E-state index contributed by atoms with van der Waals surface area (Å²) in [4.78, 5) is 19.3. The zero-order valence-electron chi connectivity index (χ0n) is 14.5. The fraction of sp³-hybridized carbons (Fsp3) is 0.368. The highest BCUT2D eigenvalue weighted by Crippen LogP contribution is 2.34. The van der Waals surface area contributed by atoms with Gasteiger partial charge in [-0.3, -0.25) is 9.36 Å². The second kappa shape index (κ2) is 7.09. The first-order chi connectivity index (χ1) is 12.7. The second-order valence-corrected chi connectivity index (χ2v) is 7.46. The highest BCUT2D eigenvalue weighted by molar-refractivity contribution is 7.18. The van der Waals surface area contributed by atoms with Crippen molar-refractivity contribution in [3.05, 3.63) is 51.4 Å². The molecule has 6 nitrogen and oxygen atoms in total. The van der Waals surface area contributed by atoms with E-state index in [1.165, 1.54) is 15.8 Å². The van der Waals surface area contributed by atoms with E-state index in [0.717, 1.165) is 40.8 Å².